The Hall–Kier alpha value is 0.310. The van der Waals surface area contributed by atoms with E-state index in [1.54, 1.807) is 0 Å². The van der Waals surface area contributed by atoms with Crippen molar-refractivity contribution >= 4 is 12.6 Å². The van der Waals surface area contributed by atoms with Crippen LogP contribution in [0, 0.1) is 0 Å². The van der Waals surface area contributed by atoms with Crippen LogP contribution in [0.1, 0.15) is 19.8 Å². The van der Waals surface area contributed by atoms with Gasteiger partial charge < -0.3 is 5.11 Å². The van der Waals surface area contributed by atoms with Gasteiger partial charge in [0.25, 0.3) is 0 Å². The lowest BCUT2D eigenvalue weighted by Gasteiger charge is -1.97. The second-order valence-electron chi connectivity index (χ2n) is 1.71. The summed E-state index contributed by atoms with van der Waals surface area (Å²) in [6.07, 6.45) is 1.89. The maximum atomic E-state index is 8.28. The van der Waals surface area contributed by atoms with E-state index in [9.17, 15) is 0 Å². The minimum atomic E-state index is 0.297. The first-order valence-electron chi connectivity index (χ1n) is 2.56. The average Bonchev–Trinajstić information content (AvgIpc) is 1.61. The first kappa shape index (κ1) is 7.31. The molecular weight excluding hydrogens is 108 g/mol. The van der Waals surface area contributed by atoms with Gasteiger partial charge in [-0.2, -0.15) is 12.6 Å². The van der Waals surface area contributed by atoms with Crippen molar-refractivity contribution < 1.29 is 5.11 Å². The third-order valence-corrected chi connectivity index (χ3v) is 1.04. The molecule has 0 fully saturated rings. The van der Waals surface area contributed by atoms with Crippen molar-refractivity contribution in [1.29, 1.82) is 0 Å². The highest BCUT2D eigenvalue weighted by Gasteiger charge is 1.90. The summed E-state index contributed by atoms with van der Waals surface area (Å²) in [6.45, 7) is 2.32. The van der Waals surface area contributed by atoms with Crippen LogP contribution in [-0.2, 0) is 0 Å². The molecule has 0 rings (SSSR count). The van der Waals surface area contributed by atoms with Crippen LogP contribution in [0.2, 0.25) is 0 Å². The summed E-state index contributed by atoms with van der Waals surface area (Å²) in [5, 5.41) is 8.72. The van der Waals surface area contributed by atoms with Crippen LogP contribution in [0.4, 0.5) is 0 Å². The molecule has 1 nitrogen and oxygen atoms in total. The second kappa shape index (κ2) is 4.47. The molecule has 0 heterocycles. The Bertz CT molecular complexity index is 37.1. The quantitative estimate of drug-likeness (QED) is 0.534. The molecule has 0 bridgehead atoms. The molecule has 0 amide bonds. The standard InChI is InChI=1S/C5H12OS/c1-5(7)3-2-4-6/h5-7H,2-4H2,1H3. The molecule has 2 heteroatoms. The van der Waals surface area contributed by atoms with Crippen molar-refractivity contribution in [2.75, 3.05) is 6.61 Å². The zero-order valence-corrected chi connectivity index (χ0v) is 5.49. The monoisotopic (exact) mass is 120 g/mol. The summed E-state index contributed by atoms with van der Waals surface area (Å²) in [5.41, 5.74) is 0. The van der Waals surface area contributed by atoms with Crippen molar-refractivity contribution in [3.8, 4) is 0 Å². The zero-order chi connectivity index (χ0) is 5.70. The lowest BCUT2D eigenvalue weighted by atomic mass is 10.3. The van der Waals surface area contributed by atoms with Crippen LogP contribution < -0.4 is 0 Å². The van der Waals surface area contributed by atoms with Crippen LogP contribution in [-0.4, -0.2) is 17.0 Å². The van der Waals surface area contributed by atoms with E-state index in [4.69, 9.17) is 5.11 Å². The highest BCUT2D eigenvalue weighted by Crippen LogP contribution is 2.00. The number of hydrogen-bond donors (Lipinski definition) is 2. The van der Waals surface area contributed by atoms with Gasteiger partial charge >= 0.3 is 0 Å². The zero-order valence-electron chi connectivity index (χ0n) is 4.59. The topological polar surface area (TPSA) is 20.2 Å². The van der Waals surface area contributed by atoms with Crippen LogP contribution >= 0.6 is 12.6 Å². The van der Waals surface area contributed by atoms with Gasteiger partial charge in [0.05, 0.1) is 0 Å². The largest absolute Gasteiger partial charge is 0.396 e. The third kappa shape index (κ3) is 6.31. The minimum absolute atomic E-state index is 0.297. The molecule has 1 unspecified atom stereocenters. The summed E-state index contributed by atoms with van der Waals surface area (Å²) in [5.74, 6) is 0. The van der Waals surface area contributed by atoms with Gasteiger partial charge in [-0.3, -0.25) is 0 Å². The number of hydrogen-bond acceptors (Lipinski definition) is 2. The predicted molar refractivity (Wildman–Crippen MR) is 34.8 cm³/mol. The van der Waals surface area contributed by atoms with E-state index in [2.05, 4.69) is 12.6 Å². The van der Waals surface area contributed by atoms with Crippen LogP contribution in [0.15, 0.2) is 0 Å². The van der Waals surface area contributed by atoms with E-state index in [1.807, 2.05) is 6.92 Å². The molecule has 0 aliphatic carbocycles. The smallest absolute Gasteiger partial charge is 0.0431 e. The molecule has 0 aromatic rings. The van der Waals surface area contributed by atoms with E-state index >= 15 is 0 Å². The van der Waals surface area contributed by atoms with Crippen molar-refractivity contribution in [1.82, 2.24) is 0 Å². The van der Waals surface area contributed by atoms with Gasteiger partial charge in [0, 0.05) is 6.61 Å². The molecule has 0 saturated heterocycles. The van der Waals surface area contributed by atoms with Gasteiger partial charge in [0.1, 0.15) is 0 Å². The Kier molecular flexibility index (Phi) is 4.67. The molecule has 0 radical (unpaired) electrons. The van der Waals surface area contributed by atoms with Crippen molar-refractivity contribution in [3.05, 3.63) is 0 Å². The second-order valence-corrected chi connectivity index (χ2v) is 2.60. The van der Waals surface area contributed by atoms with E-state index < -0.39 is 0 Å². The van der Waals surface area contributed by atoms with E-state index in [-0.39, 0.29) is 0 Å². The minimum Gasteiger partial charge on any atom is -0.396 e. The Labute approximate surface area is 50.1 Å². The fourth-order valence-corrected chi connectivity index (χ4v) is 0.569. The Morgan fingerprint density at radius 3 is 2.43 bits per heavy atom. The molecular formula is C5H12OS. The Morgan fingerprint density at radius 2 is 2.29 bits per heavy atom. The van der Waals surface area contributed by atoms with Crippen LogP contribution in [0.3, 0.4) is 0 Å². The van der Waals surface area contributed by atoms with Gasteiger partial charge in [-0.05, 0) is 18.1 Å². The molecule has 0 aliphatic rings. The molecule has 0 aliphatic heterocycles. The molecule has 0 aromatic heterocycles. The summed E-state index contributed by atoms with van der Waals surface area (Å²) in [4.78, 5) is 0. The lowest BCUT2D eigenvalue weighted by Crippen LogP contribution is -1.92. The normalized spacial score (nSPS) is 14.1. The number of aliphatic hydroxyl groups is 1. The fourth-order valence-electron chi connectivity index (χ4n) is 0.387. The highest BCUT2D eigenvalue weighted by molar-refractivity contribution is 7.80. The van der Waals surface area contributed by atoms with Crippen molar-refractivity contribution in [2.45, 2.75) is 25.0 Å². The van der Waals surface area contributed by atoms with Gasteiger partial charge in [-0.1, -0.05) is 6.92 Å². The maximum absolute atomic E-state index is 8.28. The Balaban J connectivity index is 2.68. The summed E-state index contributed by atoms with van der Waals surface area (Å²) >= 11 is 4.12. The third-order valence-electron chi connectivity index (χ3n) is 0.780. The summed E-state index contributed by atoms with van der Waals surface area (Å²) in [7, 11) is 0. The molecule has 1 N–H and O–H groups in total. The molecule has 0 spiro atoms. The van der Waals surface area contributed by atoms with Gasteiger partial charge in [-0.15, -0.1) is 0 Å². The lowest BCUT2D eigenvalue weighted by molar-refractivity contribution is 0.285. The first-order chi connectivity index (χ1) is 3.27. The van der Waals surface area contributed by atoms with Crippen molar-refractivity contribution in [3.63, 3.8) is 0 Å². The van der Waals surface area contributed by atoms with Gasteiger partial charge in [0.2, 0.25) is 0 Å². The van der Waals surface area contributed by atoms with Crippen LogP contribution in [0.5, 0.6) is 0 Å². The number of aliphatic hydroxyl groups excluding tert-OH is 1. The molecule has 0 saturated carbocycles. The first-order valence-corrected chi connectivity index (χ1v) is 3.08. The van der Waals surface area contributed by atoms with Crippen molar-refractivity contribution in [2.24, 2.45) is 0 Å². The maximum Gasteiger partial charge on any atom is 0.0431 e. The van der Waals surface area contributed by atoms with Gasteiger partial charge in [-0.25, -0.2) is 0 Å². The van der Waals surface area contributed by atoms with E-state index in [0.29, 0.717) is 11.9 Å². The predicted octanol–water partition coefficient (Wildman–Crippen LogP) is 1.08. The molecule has 7 heavy (non-hydrogen) atoms. The number of thiol groups is 1. The van der Waals surface area contributed by atoms with Gasteiger partial charge in [0.15, 0.2) is 0 Å². The van der Waals surface area contributed by atoms with E-state index in [1.165, 1.54) is 0 Å². The highest BCUT2D eigenvalue weighted by atomic mass is 32.1. The van der Waals surface area contributed by atoms with E-state index in [0.717, 1.165) is 12.8 Å². The molecule has 1 atom stereocenters. The summed E-state index contributed by atoms with van der Waals surface area (Å²) in [6, 6.07) is 0. The summed E-state index contributed by atoms with van der Waals surface area (Å²) < 4.78 is 0. The SMILES string of the molecule is CC(S)CCCO. The molecule has 44 valence electrons. The molecule has 0 aromatic carbocycles. The Morgan fingerprint density at radius 1 is 1.71 bits per heavy atom. The average molecular weight is 120 g/mol. The fraction of sp³-hybridized carbons (Fsp3) is 1.00. The number of rotatable bonds is 3. The van der Waals surface area contributed by atoms with Crippen LogP contribution in [0.25, 0.3) is 0 Å².